The standard InChI is InChI=1S/C22H39NO4.C12H22O/c1-6-10-11-12-13-14-15-21(24)26-18-20(8-3)27-22(25)23(9-4)17-16-19(5)7-2;1-2-3-4-5-6-7-8-12(13)11-9-10-11/h9,16-17,19-20H,4,6-8,10-15,18H2,1-3,5H3;11H,2-10H2,1H3/b17-16-;. The first-order valence-corrected chi connectivity index (χ1v) is 16.3. The van der Waals surface area contributed by atoms with E-state index >= 15 is 0 Å². The number of ketones is 1. The molecule has 0 heterocycles. The smallest absolute Gasteiger partial charge is 0.418 e. The summed E-state index contributed by atoms with van der Waals surface area (Å²) in [6.45, 7) is 14.2. The summed E-state index contributed by atoms with van der Waals surface area (Å²) in [4.78, 5) is 36.7. The molecule has 6 nitrogen and oxygen atoms in total. The van der Waals surface area contributed by atoms with Crippen LogP contribution in [0.1, 0.15) is 150 Å². The Hall–Kier alpha value is -2.11. The summed E-state index contributed by atoms with van der Waals surface area (Å²) in [5.74, 6) is 1.16. The van der Waals surface area contributed by atoms with E-state index in [1.807, 2.05) is 13.0 Å². The lowest BCUT2D eigenvalue weighted by Crippen LogP contribution is -2.30. The summed E-state index contributed by atoms with van der Waals surface area (Å²) in [5.41, 5.74) is 0. The number of unbranched alkanes of at least 4 members (excludes halogenated alkanes) is 10. The van der Waals surface area contributed by atoms with Crippen molar-refractivity contribution >= 4 is 17.8 Å². The first-order chi connectivity index (χ1) is 19.3. The lowest BCUT2D eigenvalue weighted by atomic mass is 10.1. The van der Waals surface area contributed by atoms with Gasteiger partial charge in [-0.15, -0.1) is 0 Å². The molecule has 1 saturated carbocycles. The van der Waals surface area contributed by atoms with Crippen LogP contribution in [0.4, 0.5) is 4.79 Å². The molecular weight excluding hydrogens is 502 g/mol. The molecule has 1 aliphatic carbocycles. The number of esters is 1. The van der Waals surface area contributed by atoms with Gasteiger partial charge in [0.15, 0.2) is 0 Å². The average molecular weight is 564 g/mol. The van der Waals surface area contributed by atoms with Crippen LogP contribution in [0.3, 0.4) is 0 Å². The molecule has 0 N–H and O–H groups in total. The Kier molecular flexibility index (Phi) is 24.5. The maximum Gasteiger partial charge on any atom is 0.418 e. The molecule has 0 saturated heterocycles. The normalized spacial score (nSPS) is 14.1. The van der Waals surface area contributed by atoms with Gasteiger partial charge in [0.1, 0.15) is 18.5 Å². The van der Waals surface area contributed by atoms with Crippen molar-refractivity contribution in [3.63, 3.8) is 0 Å². The zero-order chi connectivity index (χ0) is 30.0. The molecule has 0 bridgehead atoms. The summed E-state index contributed by atoms with van der Waals surface area (Å²) in [7, 11) is 0. The Morgan fingerprint density at radius 3 is 1.88 bits per heavy atom. The molecule has 0 spiro atoms. The van der Waals surface area contributed by atoms with Gasteiger partial charge < -0.3 is 9.47 Å². The van der Waals surface area contributed by atoms with Crippen LogP contribution in [-0.2, 0) is 19.1 Å². The van der Waals surface area contributed by atoms with Crippen molar-refractivity contribution in [2.24, 2.45) is 11.8 Å². The number of allylic oxidation sites excluding steroid dienone is 1. The predicted molar refractivity (Wildman–Crippen MR) is 166 cm³/mol. The molecule has 0 aromatic heterocycles. The topological polar surface area (TPSA) is 72.9 Å². The van der Waals surface area contributed by atoms with Crippen molar-refractivity contribution in [3.8, 4) is 0 Å². The summed E-state index contributed by atoms with van der Waals surface area (Å²) < 4.78 is 10.7. The maximum absolute atomic E-state index is 12.2. The molecule has 40 heavy (non-hydrogen) atoms. The van der Waals surface area contributed by atoms with E-state index in [0.717, 1.165) is 38.5 Å². The Bertz CT molecular complexity index is 700. The summed E-state index contributed by atoms with van der Waals surface area (Å²) in [6, 6.07) is 0. The fraction of sp³-hybridized carbons (Fsp3) is 0.794. The number of hydrogen-bond donors (Lipinski definition) is 0. The van der Waals surface area contributed by atoms with E-state index in [0.29, 0.717) is 30.5 Å². The number of hydrogen-bond acceptors (Lipinski definition) is 5. The van der Waals surface area contributed by atoms with Gasteiger partial charge >= 0.3 is 12.1 Å². The van der Waals surface area contributed by atoms with Crippen LogP contribution >= 0.6 is 0 Å². The molecule has 1 aliphatic rings. The molecular formula is C34H61NO5. The minimum absolute atomic E-state index is 0.0942. The van der Waals surface area contributed by atoms with Gasteiger partial charge in [-0.1, -0.05) is 118 Å². The molecule has 232 valence electrons. The van der Waals surface area contributed by atoms with Gasteiger partial charge in [-0.25, -0.2) is 4.79 Å². The van der Waals surface area contributed by atoms with Crippen LogP contribution in [0.25, 0.3) is 0 Å². The molecule has 1 fully saturated rings. The number of ether oxygens (including phenoxy) is 2. The minimum Gasteiger partial charge on any atom is -0.462 e. The second kappa shape index (κ2) is 25.8. The number of amides is 1. The van der Waals surface area contributed by atoms with E-state index in [1.165, 1.54) is 75.3 Å². The van der Waals surface area contributed by atoms with E-state index in [9.17, 15) is 14.4 Å². The number of rotatable bonds is 23. The third-order valence-corrected chi connectivity index (χ3v) is 7.32. The Morgan fingerprint density at radius 1 is 0.825 bits per heavy atom. The quantitative estimate of drug-likeness (QED) is 0.0913. The SMILES string of the molecule is C=CN(/C=C\C(C)CC)C(=O)OC(CC)COC(=O)CCCCCCCC.CCCCCCCCC(=O)C1CC1. The van der Waals surface area contributed by atoms with Crippen LogP contribution in [0.5, 0.6) is 0 Å². The fourth-order valence-corrected chi connectivity index (χ4v) is 4.01. The highest BCUT2D eigenvalue weighted by molar-refractivity contribution is 5.83. The summed E-state index contributed by atoms with van der Waals surface area (Å²) >= 11 is 0. The van der Waals surface area contributed by atoms with Gasteiger partial charge in [-0.2, -0.15) is 0 Å². The van der Waals surface area contributed by atoms with E-state index in [2.05, 4.69) is 34.3 Å². The van der Waals surface area contributed by atoms with Crippen molar-refractivity contribution in [2.45, 2.75) is 156 Å². The second-order valence-corrected chi connectivity index (χ2v) is 11.2. The van der Waals surface area contributed by atoms with Gasteiger partial charge in [-0.3, -0.25) is 14.5 Å². The third kappa shape index (κ3) is 21.7. The largest absolute Gasteiger partial charge is 0.462 e. The number of carbonyl (C=O) groups is 3. The van der Waals surface area contributed by atoms with Crippen LogP contribution in [0.2, 0.25) is 0 Å². The van der Waals surface area contributed by atoms with Gasteiger partial charge in [0.2, 0.25) is 0 Å². The lowest BCUT2D eigenvalue weighted by molar-refractivity contribution is -0.147. The highest BCUT2D eigenvalue weighted by Crippen LogP contribution is 2.31. The van der Waals surface area contributed by atoms with Crippen LogP contribution < -0.4 is 0 Å². The highest BCUT2D eigenvalue weighted by Gasteiger charge is 2.28. The van der Waals surface area contributed by atoms with Crippen molar-refractivity contribution in [2.75, 3.05) is 6.61 Å². The van der Waals surface area contributed by atoms with E-state index in [4.69, 9.17) is 9.47 Å². The first-order valence-electron chi connectivity index (χ1n) is 16.3. The molecule has 0 aliphatic heterocycles. The van der Waals surface area contributed by atoms with Gasteiger partial charge in [0, 0.05) is 31.2 Å². The second-order valence-electron chi connectivity index (χ2n) is 11.2. The van der Waals surface area contributed by atoms with Crippen molar-refractivity contribution in [1.29, 1.82) is 0 Å². The van der Waals surface area contributed by atoms with E-state index < -0.39 is 12.2 Å². The number of Topliss-reactive ketones (excluding diaryl/α,β-unsaturated/α-hetero) is 1. The molecule has 6 heteroatoms. The van der Waals surface area contributed by atoms with E-state index in [-0.39, 0.29) is 12.6 Å². The monoisotopic (exact) mass is 563 g/mol. The average Bonchev–Trinajstić information content (AvgIpc) is 3.81. The fourth-order valence-electron chi connectivity index (χ4n) is 4.01. The lowest BCUT2D eigenvalue weighted by Gasteiger charge is -2.20. The molecule has 2 unspecified atom stereocenters. The molecule has 2 atom stereocenters. The maximum atomic E-state index is 12.2. The minimum atomic E-state index is -0.511. The molecule has 0 aromatic rings. The predicted octanol–water partition coefficient (Wildman–Crippen LogP) is 9.92. The molecule has 1 amide bonds. The van der Waals surface area contributed by atoms with Gasteiger partial charge in [-0.05, 0) is 38.0 Å². The Labute approximate surface area is 246 Å². The Balaban J connectivity index is 0.000000968. The van der Waals surface area contributed by atoms with E-state index in [1.54, 1.807) is 6.20 Å². The molecule has 0 aromatic carbocycles. The Morgan fingerprint density at radius 2 is 1.38 bits per heavy atom. The third-order valence-electron chi connectivity index (χ3n) is 7.32. The van der Waals surface area contributed by atoms with Gasteiger partial charge in [0.25, 0.3) is 0 Å². The van der Waals surface area contributed by atoms with Crippen molar-refractivity contribution < 1.29 is 23.9 Å². The number of carbonyl (C=O) groups excluding carboxylic acids is 3. The van der Waals surface area contributed by atoms with Gasteiger partial charge in [0.05, 0.1) is 0 Å². The van der Waals surface area contributed by atoms with Crippen molar-refractivity contribution in [3.05, 3.63) is 25.1 Å². The highest BCUT2D eigenvalue weighted by atomic mass is 16.6. The summed E-state index contributed by atoms with van der Waals surface area (Å²) in [6.07, 6.45) is 23.8. The number of nitrogens with zero attached hydrogens (tertiary/aromatic N) is 1. The van der Waals surface area contributed by atoms with Crippen LogP contribution in [-0.4, -0.2) is 35.5 Å². The van der Waals surface area contributed by atoms with Crippen LogP contribution in [0, 0.1) is 11.8 Å². The zero-order valence-corrected chi connectivity index (χ0v) is 26.6. The molecule has 1 rings (SSSR count). The van der Waals surface area contributed by atoms with Crippen molar-refractivity contribution in [1.82, 2.24) is 4.90 Å². The first kappa shape index (κ1) is 37.9. The molecule has 0 radical (unpaired) electrons. The van der Waals surface area contributed by atoms with Crippen LogP contribution in [0.15, 0.2) is 25.1 Å². The zero-order valence-electron chi connectivity index (χ0n) is 26.6. The summed E-state index contributed by atoms with van der Waals surface area (Å²) in [5, 5.41) is 0.